The van der Waals surface area contributed by atoms with Crippen molar-refractivity contribution in [1.82, 2.24) is 15.5 Å². The molecule has 0 aliphatic heterocycles. The Bertz CT molecular complexity index is 1250. The molecule has 0 aliphatic rings. The minimum absolute atomic E-state index is 0.0333. The first-order valence-corrected chi connectivity index (χ1v) is 10.2. The molecule has 0 saturated carbocycles. The highest BCUT2D eigenvalue weighted by atomic mass is 19.4. The molecule has 0 aliphatic carbocycles. The van der Waals surface area contributed by atoms with Gasteiger partial charge in [-0.3, -0.25) is 5.10 Å². The summed E-state index contributed by atoms with van der Waals surface area (Å²) in [5.74, 6) is -2.24. The maximum Gasteiger partial charge on any atom is 0.490 e. The van der Waals surface area contributed by atoms with Gasteiger partial charge in [-0.25, -0.2) is 9.59 Å². The lowest BCUT2D eigenvalue weighted by atomic mass is 9.94. The number of urea groups is 1. The van der Waals surface area contributed by atoms with E-state index in [2.05, 4.69) is 15.5 Å². The van der Waals surface area contributed by atoms with Crippen LogP contribution >= 0.6 is 0 Å². The van der Waals surface area contributed by atoms with Gasteiger partial charge >= 0.3 is 30.5 Å². The Kier molecular flexibility index (Phi) is 9.43. The molecular weight excluding hydrogens is 555 g/mol. The number of carbonyl (C=O) groups is 2. The monoisotopic (exact) mass is 572 g/mol. The number of hydrogen-bond acceptors (Lipinski definition) is 4. The van der Waals surface area contributed by atoms with Gasteiger partial charge in [-0.2, -0.15) is 44.6 Å². The summed E-state index contributed by atoms with van der Waals surface area (Å²) in [5, 5.41) is 17.2. The second kappa shape index (κ2) is 12.0. The zero-order valence-electron chi connectivity index (χ0n) is 19.3. The number of aliphatic carboxylic acids is 1. The van der Waals surface area contributed by atoms with Gasteiger partial charge in [0.1, 0.15) is 5.75 Å². The highest BCUT2D eigenvalue weighted by molar-refractivity contribution is 5.90. The fraction of sp³-hybridized carbons (Fsp3) is 0.227. The predicted octanol–water partition coefficient (Wildman–Crippen LogP) is 6.08. The Morgan fingerprint density at radius 1 is 0.974 bits per heavy atom. The van der Waals surface area contributed by atoms with Crippen molar-refractivity contribution in [2.45, 2.75) is 25.1 Å². The van der Waals surface area contributed by atoms with Gasteiger partial charge in [-0.15, -0.1) is 0 Å². The molecule has 0 radical (unpaired) electrons. The number of aromatic amines is 1. The van der Waals surface area contributed by atoms with Crippen LogP contribution in [0.3, 0.4) is 0 Å². The lowest BCUT2D eigenvalue weighted by Gasteiger charge is -2.20. The van der Waals surface area contributed by atoms with Crippen molar-refractivity contribution in [2.24, 2.45) is 0 Å². The third-order valence-electron chi connectivity index (χ3n) is 4.62. The largest absolute Gasteiger partial charge is 0.497 e. The smallest absolute Gasteiger partial charge is 0.490 e. The first-order chi connectivity index (χ1) is 17.9. The molecule has 17 heteroatoms. The average molecular weight is 572 g/mol. The molecule has 1 heterocycles. The predicted molar refractivity (Wildman–Crippen MR) is 117 cm³/mol. The van der Waals surface area contributed by atoms with Crippen molar-refractivity contribution >= 4 is 17.7 Å². The van der Waals surface area contributed by atoms with Crippen LogP contribution < -0.4 is 15.4 Å². The summed E-state index contributed by atoms with van der Waals surface area (Å²) in [7, 11) is 1.45. The van der Waals surface area contributed by atoms with E-state index in [-0.39, 0.29) is 6.54 Å². The van der Waals surface area contributed by atoms with Gasteiger partial charge in [0.05, 0.1) is 24.4 Å². The topological polar surface area (TPSA) is 116 Å². The zero-order valence-corrected chi connectivity index (χ0v) is 19.3. The van der Waals surface area contributed by atoms with E-state index in [9.17, 15) is 44.3 Å². The van der Waals surface area contributed by atoms with Crippen LogP contribution in [-0.2, 0) is 23.7 Å². The highest BCUT2D eigenvalue weighted by Gasteiger charge is 2.42. The average Bonchev–Trinajstić information content (AvgIpc) is 3.36. The molecule has 39 heavy (non-hydrogen) atoms. The fourth-order valence-corrected chi connectivity index (χ4v) is 3.00. The van der Waals surface area contributed by atoms with Crippen LogP contribution in [0.1, 0.15) is 16.7 Å². The number of carboxylic acids is 1. The number of alkyl halides is 9. The maximum atomic E-state index is 13.6. The standard InChI is InChI=1S/C20H16F6N4O2.C2HF3O2/c1-32-14-4-2-3-11(5-14)8-27-18(31)30-13-6-15(19(21,22)23)17(12-9-28-29-10-12)16(7-13)20(24,25)26;3-2(4,5)1(6)7/h2-7,9-10H,8H2,1H3,(H,28,29)(H2,27,30,31);(H,6,7). The van der Waals surface area contributed by atoms with Crippen molar-refractivity contribution in [3.05, 3.63) is 65.5 Å². The van der Waals surface area contributed by atoms with E-state index < -0.39 is 58.5 Å². The zero-order chi connectivity index (χ0) is 29.6. The molecule has 0 saturated heterocycles. The summed E-state index contributed by atoms with van der Waals surface area (Å²) in [6, 6.07) is 6.52. The number of H-pyrrole nitrogens is 1. The molecule has 212 valence electrons. The molecule has 8 nitrogen and oxygen atoms in total. The number of anilines is 1. The number of nitrogens with zero attached hydrogens (tertiary/aromatic N) is 1. The van der Waals surface area contributed by atoms with Crippen LogP contribution in [0.2, 0.25) is 0 Å². The Balaban J connectivity index is 0.000000673. The van der Waals surface area contributed by atoms with E-state index in [0.717, 1.165) is 12.4 Å². The number of ether oxygens (including phenoxy) is 1. The van der Waals surface area contributed by atoms with Crippen molar-refractivity contribution in [3.63, 3.8) is 0 Å². The third-order valence-corrected chi connectivity index (χ3v) is 4.62. The van der Waals surface area contributed by atoms with Gasteiger partial charge in [-0.1, -0.05) is 12.1 Å². The van der Waals surface area contributed by atoms with Crippen molar-refractivity contribution in [1.29, 1.82) is 0 Å². The molecule has 3 aromatic rings. The van der Waals surface area contributed by atoms with Crippen LogP contribution in [0.4, 0.5) is 50.0 Å². The first kappa shape index (κ1) is 30.8. The normalized spacial score (nSPS) is 11.7. The van der Waals surface area contributed by atoms with Crippen LogP contribution in [0.5, 0.6) is 5.75 Å². The molecule has 2 aromatic carbocycles. The number of rotatable bonds is 5. The molecule has 0 unspecified atom stereocenters. The van der Waals surface area contributed by atoms with Crippen LogP contribution in [0, 0.1) is 0 Å². The number of nitrogens with one attached hydrogen (secondary N) is 3. The lowest BCUT2D eigenvalue weighted by molar-refractivity contribution is -0.192. The number of methoxy groups -OCH3 is 1. The van der Waals surface area contributed by atoms with Gasteiger partial charge in [0.15, 0.2) is 0 Å². The molecule has 0 spiro atoms. The van der Waals surface area contributed by atoms with E-state index in [1.807, 2.05) is 5.32 Å². The first-order valence-electron chi connectivity index (χ1n) is 10.2. The van der Waals surface area contributed by atoms with Gasteiger partial charge in [0, 0.05) is 29.6 Å². The number of halogens is 9. The molecule has 0 atom stereocenters. The number of carboxylic acid groups (broad SMARTS) is 1. The third kappa shape index (κ3) is 8.82. The van der Waals surface area contributed by atoms with Gasteiger partial charge in [0.2, 0.25) is 0 Å². The summed E-state index contributed by atoms with van der Waals surface area (Å²) < 4.78 is 119. The summed E-state index contributed by atoms with van der Waals surface area (Å²) in [6.07, 6.45) is -13.6. The minimum Gasteiger partial charge on any atom is -0.497 e. The molecule has 2 amide bonds. The second-order valence-electron chi connectivity index (χ2n) is 7.39. The SMILES string of the molecule is COc1cccc(CNC(=O)Nc2cc(C(F)(F)F)c(-c3cn[nH]c3)c(C(F)(F)F)c2)c1.O=C(O)C(F)(F)F. The Hall–Kier alpha value is -4.44. The quantitative estimate of drug-likeness (QED) is 0.277. The Morgan fingerprint density at radius 2 is 1.54 bits per heavy atom. The number of carbonyl (C=O) groups excluding carboxylic acids is 1. The van der Waals surface area contributed by atoms with E-state index in [4.69, 9.17) is 14.6 Å². The minimum atomic E-state index is -5.12. The summed E-state index contributed by atoms with van der Waals surface area (Å²) in [5.41, 5.74) is -4.64. The van der Waals surface area contributed by atoms with Crippen LogP contribution in [0.25, 0.3) is 11.1 Å². The maximum absolute atomic E-state index is 13.6. The van der Waals surface area contributed by atoms with Crippen LogP contribution in [0.15, 0.2) is 48.8 Å². The highest BCUT2D eigenvalue weighted by Crippen LogP contribution is 2.46. The van der Waals surface area contributed by atoms with E-state index in [1.165, 1.54) is 7.11 Å². The summed E-state index contributed by atoms with van der Waals surface area (Å²) in [6.45, 7) is -0.0333. The number of hydrogen-bond donors (Lipinski definition) is 4. The van der Waals surface area contributed by atoms with Crippen LogP contribution in [-0.4, -0.2) is 40.6 Å². The molecule has 1 aromatic heterocycles. The Morgan fingerprint density at radius 3 is 1.97 bits per heavy atom. The summed E-state index contributed by atoms with van der Waals surface area (Å²) >= 11 is 0. The van der Waals surface area contributed by atoms with Crippen molar-refractivity contribution in [3.8, 4) is 16.9 Å². The number of aromatic nitrogens is 2. The molecule has 0 fully saturated rings. The number of benzene rings is 2. The second-order valence-corrected chi connectivity index (χ2v) is 7.39. The molecule has 0 bridgehead atoms. The lowest BCUT2D eigenvalue weighted by Crippen LogP contribution is -2.28. The summed E-state index contributed by atoms with van der Waals surface area (Å²) in [4.78, 5) is 21.0. The Labute approximate surface area is 212 Å². The number of amides is 2. The van der Waals surface area contributed by atoms with Crippen molar-refractivity contribution in [2.75, 3.05) is 12.4 Å². The van der Waals surface area contributed by atoms with Gasteiger partial charge in [0.25, 0.3) is 0 Å². The van der Waals surface area contributed by atoms with Gasteiger partial charge in [-0.05, 0) is 29.8 Å². The van der Waals surface area contributed by atoms with E-state index in [0.29, 0.717) is 23.4 Å². The molecule has 3 rings (SSSR count). The van der Waals surface area contributed by atoms with Gasteiger partial charge < -0.3 is 20.5 Å². The molecular formula is C22H17F9N4O4. The fourth-order valence-electron chi connectivity index (χ4n) is 3.00. The van der Waals surface area contributed by atoms with Crippen molar-refractivity contribution < 1.29 is 58.9 Å². The molecule has 4 N–H and O–H groups in total. The van der Waals surface area contributed by atoms with E-state index in [1.54, 1.807) is 24.3 Å². The van der Waals surface area contributed by atoms with E-state index >= 15 is 0 Å².